The van der Waals surface area contributed by atoms with E-state index in [-0.39, 0.29) is 18.5 Å². The summed E-state index contributed by atoms with van der Waals surface area (Å²) < 4.78 is 0. The molecule has 0 radical (unpaired) electrons. The monoisotopic (exact) mass is 247 g/mol. The van der Waals surface area contributed by atoms with E-state index in [1.165, 1.54) is 10.5 Å². The molecule has 5 heteroatoms. The summed E-state index contributed by atoms with van der Waals surface area (Å²) in [5.74, 6) is -0.204. The molecule has 0 bridgehead atoms. The number of rotatable bonds is 4. The van der Waals surface area contributed by atoms with Crippen LogP contribution in [0.4, 0.5) is 10.5 Å². The molecule has 1 aliphatic heterocycles. The molecule has 1 heterocycles. The third kappa shape index (κ3) is 2.80. The molecule has 0 aliphatic carbocycles. The van der Waals surface area contributed by atoms with Gasteiger partial charge < -0.3 is 10.6 Å². The minimum atomic E-state index is -0.303. The van der Waals surface area contributed by atoms with E-state index in [0.717, 1.165) is 12.1 Å². The quantitative estimate of drug-likeness (QED) is 0.840. The van der Waals surface area contributed by atoms with E-state index in [4.69, 9.17) is 0 Å². The van der Waals surface area contributed by atoms with Crippen molar-refractivity contribution in [3.05, 3.63) is 29.8 Å². The maximum absolute atomic E-state index is 11.8. The van der Waals surface area contributed by atoms with Gasteiger partial charge in [0.2, 0.25) is 5.91 Å². The fraction of sp³-hybridized carbons (Fsp3) is 0.385. The molecule has 1 aromatic carbocycles. The van der Waals surface area contributed by atoms with Gasteiger partial charge in [-0.05, 0) is 24.1 Å². The van der Waals surface area contributed by atoms with Gasteiger partial charge in [0.25, 0.3) is 0 Å². The van der Waals surface area contributed by atoms with Crippen LogP contribution in [0.5, 0.6) is 0 Å². The molecule has 0 saturated carbocycles. The Morgan fingerprint density at radius 2 is 2.11 bits per heavy atom. The smallest absolute Gasteiger partial charge is 0.324 e. The van der Waals surface area contributed by atoms with Gasteiger partial charge in [-0.3, -0.25) is 9.69 Å². The lowest BCUT2D eigenvalue weighted by Gasteiger charge is -2.13. The van der Waals surface area contributed by atoms with Crippen LogP contribution in [-0.4, -0.2) is 36.5 Å². The lowest BCUT2D eigenvalue weighted by molar-refractivity contribution is -0.125. The number of amides is 3. The van der Waals surface area contributed by atoms with Crippen LogP contribution in [0.1, 0.15) is 12.5 Å². The number of hydrogen-bond acceptors (Lipinski definition) is 3. The maximum atomic E-state index is 11.8. The number of carbonyl (C=O) groups excluding carboxylic acids is 2. The third-order valence-corrected chi connectivity index (χ3v) is 2.96. The number of nitrogens with one attached hydrogen (secondary N) is 2. The minimum absolute atomic E-state index is 0.138. The largest absolute Gasteiger partial charge is 0.376 e. The number of anilines is 1. The lowest BCUT2D eigenvalue weighted by Crippen LogP contribution is -2.37. The zero-order valence-electron chi connectivity index (χ0n) is 10.4. The Bertz CT molecular complexity index is 442. The molecule has 0 unspecified atom stereocenters. The molecule has 1 fully saturated rings. The van der Waals surface area contributed by atoms with Crippen molar-refractivity contribution >= 4 is 17.6 Å². The molecule has 1 saturated heterocycles. The molecule has 1 aliphatic rings. The standard InChI is InChI=1S/C13H17N3O2/c1-2-10-3-5-11(6-4-10)15-9-12(17)16-8-7-14-13(16)18/h3-6,15H,2,7-9H2,1H3,(H,14,18). The summed E-state index contributed by atoms with van der Waals surface area (Å²) in [4.78, 5) is 24.3. The highest BCUT2D eigenvalue weighted by Crippen LogP contribution is 2.10. The first kappa shape index (κ1) is 12.4. The fourth-order valence-corrected chi connectivity index (χ4v) is 1.84. The number of hydrogen-bond donors (Lipinski definition) is 2. The molecule has 96 valence electrons. The Morgan fingerprint density at radius 1 is 1.39 bits per heavy atom. The molecule has 1 aromatic rings. The van der Waals surface area contributed by atoms with E-state index < -0.39 is 0 Å². The number of nitrogens with zero attached hydrogens (tertiary/aromatic N) is 1. The molecule has 0 atom stereocenters. The number of urea groups is 1. The van der Waals surface area contributed by atoms with Gasteiger partial charge in [0.1, 0.15) is 0 Å². The van der Waals surface area contributed by atoms with Crippen molar-refractivity contribution in [3.8, 4) is 0 Å². The van der Waals surface area contributed by atoms with Crippen molar-refractivity contribution in [1.29, 1.82) is 0 Å². The molecular formula is C13H17N3O2. The van der Waals surface area contributed by atoms with Crippen LogP contribution < -0.4 is 10.6 Å². The predicted octanol–water partition coefficient (Wildman–Crippen LogP) is 1.21. The van der Waals surface area contributed by atoms with E-state index in [1.54, 1.807) is 0 Å². The Balaban J connectivity index is 1.86. The van der Waals surface area contributed by atoms with Gasteiger partial charge >= 0.3 is 6.03 Å². The number of carbonyl (C=O) groups is 2. The van der Waals surface area contributed by atoms with Gasteiger partial charge in [0, 0.05) is 18.8 Å². The van der Waals surface area contributed by atoms with Crippen LogP contribution in [-0.2, 0) is 11.2 Å². The molecule has 2 rings (SSSR count). The number of aryl methyl sites for hydroxylation is 1. The Morgan fingerprint density at radius 3 is 2.67 bits per heavy atom. The van der Waals surface area contributed by atoms with E-state index >= 15 is 0 Å². The van der Waals surface area contributed by atoms with Gasteiger partial charge in [-0.15, -0.1) is 0 Å². The zero-order chi connectivity index (χ0) is 13.0. The van der Waals surface area contributed by atoms with Gasteiger partial charge in [0.05, 0.1) is 6.54 Å². The van der Waals surface area contributed by atoms with Crippen LogP contribution in [0.3, 0.4) is 0 Å². The number of imide groups is 1. The van der Waals surface area contributed by atoms with Crippen molar-refractivity contribution < 1.29 is 9.59 Å². The summed E-state index contributed by atoms with van der Waals surface area (Å²) in [6, 6.07) is 7.62. The number of benzene rings is 1. The van der Waals surface area contributed by atoms with Gasteiger partial charge in [-0.25, -0.2) is 4.79 Å². The van der Waals surface area contributed by atoms with Crippen molar-refractivity contribution in [1.82, 2.24) is 10.2 Å². The summed E-state index contributed by atoms with van der Waals surface area (Å²) in [5.41, 5.74) is 2.14. The Labute approximate surface area is 106 Å². The summed E-state index contributed by atoms with van der Waals surface area (Å²) in [6.07, 6.45) is 0.993. The van der Waals surface area contributed by atoms with Crippen molar-refractivity contribution in [2.24, 2.45) is 0 Å². The van der Waals surface area contributed by atoms with E-state index in [9.17, 15) is 9.59 Å². The molecule has 18 heavy (non-hydrogen) atoms. The normalized spacial score (nSPS) is 14.5. The minimum Gasteiger partial charge on any atom is -0.376 e. The van der Waals surface area contributed by atoms with Crippen LogP contribution in [0.2, 0.25) is 0 Å². The topological polar surface area (TPSA) is 61.4 Å². The molecule has 3 amide bonds. The van der Waals surface area contributed by atoms with Crippen molar-refractivity contribution in [3.63, 3.8) is 0 Å². The molecule has 0 spiro atoms. The Kier molecular flexibility index (Phi) is 3.82. The molecule has 0 aromatic heterocycles. The average Bonchev–Trinajstić information content (AvgIpc) is 2.83. The summed E-state index contributed by atoms with van der Waals surface area (Å²) in [5, 5.41) is 5.62. The van der Waals surface area contributed by atoms with Gasteiger partial charge in [-0.2, -0.15) is 0 Å². The third-order valence-electron chi connectivity index (χ3n) is 2.96. The maximum Gasteiger partial charge on any atom is 0.324 e. The second-order valence-electron chi connectivity index (χ2n) is 4.18. The van der Waals surface area contributed by atoms with E-state index in [1.807, 2.05) is 24.3 Å². The highest BCUT2D eigenvalue weighted by atomic mass is 16.2. The summed E-state index contributed by atoms with van der Waals surface area (Å²) in [6.45, 7) is 3.22. The average molecular weight is 247 g/mol. The second kappa shape index (κ2) is 5.53. The van der Waals surface area contributed by atoms with Crippen molar-refractivity contribution in [2.75, 3.05) is 25.0 Å². The highest BCUT2D eigenvalue weighted by molar-refractivity contribution is 5.97. The van der Waals surface area contributed by atoms with Crippen molar-refractivity contribution in [2.45, 2.75) is 13.3 Å². The van der Waals surface area contributed by atoms with Crippen LogP contribution >= 0.6 is 0 Å². The summed E-state index contributed by atoms with van der Waals surface area (Å²) in [7, 11) is 0. The first-order chi connectivity index (χ1) is 8.70. The SMILES string of the molecule is CCc1ccc(NCC(=O)N2CCNC2=O)cc1. The predicted molar refractivity (Wildman–Crippen MR) is 69.4 cm³/mol. The highest BCUT2D eigenvalue weighted by Gasteiger charge is 2.25. The molecular weight excluding hydrogens is 230 g/mol. The van der Waals surface area contributed by atoms with E-state index in [2.05, 4.69) is 17.6 Å². The van der Waals surface area contributed by atoms with Crippen LogP contribution in [0.15, 0.2) is 24.3 Å². The van der Waals surface area contributed by atoms with Gasteiger partial charge in [-0.1, -0.05) is 19.1 Å². The second-order valence-corrected chi connectivity index (χ2v) is 4.18. The van der Waals surface area contributed by atoms with Gasteiger partial charge in [0.15, 0.2) is 0 Å². The fourth-order valence-electron chi connectivity index (χ4n) is 1.84. The van der Waals surface area contributed by atoms with Crippen LogP contribution in [0.25, 0.3) is 0 Å². The first-order valence-electron chi connectivity index (χ1n) is 6.11. The molecule has 2 N–H and O–H groups in total. The van der Waals surface area contributed by atoms with Crippen LogP contribution in [0, 0.1) is 0 Å². The molecule has 5 nitrogen and oxygen atoms in total. The Hall–Kier alpha value is -2.04. The first-order valence-corrected chi connectivity index (χ1v) is 6.11. The zero-order valence-corrected chi connectivity index (χ0v) is 10.4. The summed E-state index contributed by atoms with van der Waals surface area (Å²) >= 11 is 0. The van der Waals surface area contributed by atoms with E-state index in [0.29, 0.717) is 13.1 Å². The lowest BCUT2D eigenvalue weighted by atomic mass is 10.1.